The second-order valence-electron chi connectivity index (χ2n) is 7.48. The SMILES string of the molecule is Cc1nn(Cc2ccccc2)c(C)c1CNC(=O)[C@H]1C[C@@H]1c1ccccc1Cl. The summed E-state index contributed by atoms with van der Waals surface area (Å²) in [5.74, 6) is 0.344. The van der Waals surface area contributed by atoms with E-state index in [4.69, 9.17) is 11.6 Å². The van der Waals surface area contributed by atoms with Crippen LogP contribution in [0.1, 0.15) is 40.4 Å². The summed E-state index contributed by atoms with van der Waals surface area (Å²) in [5, 5.41) is 8.52. The minimum atomic E-state index is 0.0138. The molecule has 0 radical (unpaired) electrons. The molecule has 0 aliphatic heterocycles. The Bertz CT molecular complexity index is 996. The van der Waals surface area contributed by atoms with Crippen LogP contribution in [0.2, 0.25) is 5.02 Å². The molecule has 5 heteroatoms. The molecule has 0 saturated heterocycles. The molecule has 1 aliphatic carbocycles. The highest BCUT2D eigenvalue weighted by Crippen LogP contribution is 2.49. The van der Waals surface area contributed by atoms with Crippen molar-refractivity contribution >= 4 is 17.5 Å². The van der Waals surface area contributed by atoms with Crippen molar-refractivity contribution in [3.05, 3.63) is 87.7 Å². The smallest absolute Gasteiger partial charge is 0.224 e. The van der Waals surface area contributed by atoms with Gasteiger partial charge in [0.15, 0.2) is 0 Å². The zero-order valence-electron chi connectivity index (χ0n) is 16.2. The Kier molecular flexibility index (Phi) is 5.23. The molecule has 3 aromatic rings. The average Bonchev–Trinajstić information content (AvgIpc) is 3.44. The van der Waals surface area contributed by atoms with Gasteiger partial charge in [0.05, 0.1) is 12.2 Å². The van der Waals surface area contributed by atoms with E-state index < -0.39 is 0 Å². The van der Waals surface area contributed by atoms with Crippen LogP contribution < -0.4 is 5.32 Å². The predicted molar refractivity (Wildman–Crippen MR) is 111 cm³/mol. The van der Waals surface area contributed by atoms with E-state index in [1.807, 2.05) is 54.1 Å². The highest BCUT2D eigenvalue weighted by molar-refractivity contribution is 6.31. The quantitative estimate of drug-likeness (QED) is 0.664. The van der Waals surface area contributed by atoms with Crippen LogP contribution in [-0.4, -0.2) is 15.7 Å². The molecule has 4 rings (SSSR count). The first-order valence-electron chi connectivity index (χ1n) is 9.63. The topological polar surface area (TPSA) is 46.9 Å². The number of aryl methyl sites for hydroxylation is 1. The van der Waals surface area contributed by atoms with E-state index in [9.17, 15) is 4.79 Å². The first kappa shape index (κ1) is 18.8. The van der Waals surface area contributed by atoms with E-state index in [0.717, 1.165) is 40.5 Å². The highest BCUT2D eigenvalue weighted by Gasteiger charge is 2.44. The van der Waals surface area contributed by atoms with Crippen LogP contribution in [0.4, 0.5) is 0 Å². The molecule has 1 heterocycles. The van der Waals surface area contributed by atoms with Crippen LogP contribution in [0.5, 0.6) is 0 Å². The van der Waals surface area contributed by atoms with Gasteiger partial charge in [-0.15, -0.1) is 0 Å². The molecule has 144 valence electrons. The van der Waals surface area contributed by atoms with Gasteiger partial charge in [0.2, 0.25) is 5.91 Å². The molecule has 1 aliphatic rings. The maximum Gasteiger partial charge on any atom is 0.224 e. The number of hydrogen-bond donors (Lipinski definition) is 1. The lowest BCUT2D eigenvalue weighted by atomic mass is 10.1. The fraction of sp³-hybridized carbons (Fsp3) is 0.304. The van der Waals surface area contributed by atoms with Gasteiger partial charge in [-0.3, -0.25) is 9.48 Å². The van der Waals surface area contributed by atoms with E-state index in [2.05, 4.69) is 29.5 Å². The van der Waals surface area contributed by atoms with Crippen molar-refractivity contribution in [2.75, 3.05) is 0 Å². The van der Waals surface area contributed by atoms with E-state index in [1.54, 1.807) is 0 Å². The normalized spacial score (nSPS) is 18.1. The fourth-order valence-corrected chi connectivity index (χ4v) is 4.09. The van der Waals surface area contributed by atoms with Crippen molar-refractivity contribution in [2.24, 2.45) is 5.92 Å². The van der Waals surface area contributed by atoms with Gasteiger partial charge in [0.1, 0.15) is 0 Å². The molecule has 1 fully saturated rings. The van der Waals surface area contributed by atoms with Gasteiger partial charge in [0.25, 0.3) is 0 Å². The van der Waals surface area contributed by atoms with E-state index in [1.165, 1.54) is 5.56 Å². The fourth-order valence-electron chi connectivity index (χ4n) is 3.81. The zero-order valence-corrected chi connectivity index (χ0v) is 16.9. The van der Waals surface area contributed by atoms with Gasteiger partial charge >= 0.3 is 0 Å². The molecule has 1 amide bonds. The number of rotatable bonds is 6. The number of aromatic nitrogens is 2. The Labute approximate surface area is 170 Å². The molecule has 1 saturated carbocycles. The molecular weight excluding hydrogens is 370 g/mol. The van der Waals surface area contributed by atoms with Gasteiger partial charge < -0.3 is 5.32 Å². The molecular formula is C23H24ClN3O. The van der Waals surface area contributed by atoms with Gasteiger partial charge in [-0.25, -0.2) is 0 Å². The third-order valence-corrected chi connectivity index (χ3v) is 5.92. The predicted octanol–water partition coefficient (Wildman–Crippen LogP) is 4.62. The van der Waals surface area contributed by atoms with Crippen LogP contribution in [0.15, 0.2) is 54.6 Å². The first-order chi connectivity index (χ1) is 13.5. The number of nitrogens with zero attached hydrogens (tertiary/aromatic N) is 2. The van der Waals surface area contributed by atoms with Crippen molar-refractivity contribution in [3.8, 4) is 0 Å². The Morgan fingerprint density at radius 1 is 1.14 bits per heavy atom. The highest BCUT2D eigenvalue weighted by atomic mass is 35.5. The largest absolute Gasteiger partial charge is 0.352 e. The summed E-state index contributed by atoms with van der Waals surface area (Å²) in [7, 11) is 0. The number of amides is 1. The number of hydrogen-bond acceptors (Lipinski definition) is 2. The maximum absolute atomic E-state index is 12.6. The van der Waals surface area contributed by atoms with Gasteiger partial charge in [-0.1, -0.05) is 60.1 Å². The zero-order chi connectivity index (χ0) is 19.7. The summed E-state index contributed by atoms with van der Waals surface area (Å²) in [6, 6.07) is 18.1. The van der Waals surface area contributed by atoms with Crippen molar-refractivity contribution < 1.29 is 4.79 Å². The van der Waals surface area contributed by atoms with Crippen LogP contribution in [0.3, 0.4) is 0 Å². The van der Waals surface area contributed by atoms with Crippen molar-refractivity contribution in [2.45, 2.75) is 39.3 Å². The van der Waals surface area contributed by atoms with Gasteiger partial charge in [-0.05, 0) is 43.4 Å². The lowest BCUT2D eigenvalue weighted by molar-refractivity contribution is -0.122. The summed E-state index contributed by atoms with van der Waals surface area (Å²) in [6.07, 6.45) is 0.862. The molecule has 2 aromatic carbocycles. The molecule has 1 N–H and O–H groups in total. The lowest BCUT2D eigenvalue weighted by Crippen LogP contribution is -2.25. The maximum atomic E-state index is 12.6. The third-order valence-electron chi connectivity index (χ3n) is 5.58. The Morgan fingerprint density at radius 2 is 1.86 bits per heavy atom. The second kappa shape index (κ2) is 7.80. The van der Waals surface area contributed by atoms with Crippen molar-refractivity contribution in [3.63, 3.8) is 0 Å². The minimum Gasteiger partial charge on any atom is -0.352 e. The number of carbonyl (C=O) groups is 1. The Morgan fingerprint density at radius 3 is 2.61 bits per heavy atom. The van der Waals surface area contributed by atoms with Crippen molar-refractivity contribution in [1.82, 2.24) is 15.1 Å². The summed E-state index contributed by atoms with van der Waals surface area (Å²) in [5.41, 5.74) is 5.45. The molecule has 0 spiro atoms. The molecule has 1 aromatic heterocycles. The minimum absolute atomic E-state index is 0.0138. The lowest BCUT2D eigenvalue weighted by Gasteiger charge is -2.08. The summed E-state index contributed by atoms with van der Waals surface area (Å²) >= 11 is 6.27. The second-order valence-corrected chi connectivity index (χ2v) is 7.89. The number of benzene rings is 2. The average molecular weight is 394 g/mol. The molecule has 4 nitrogen and oxygen atoms in total. The van der Waals surface area contributed by atoms with Crippen LogP contribution in [0, 0.1) is 19.8 Å². The molecule has 2 atom stereocenters. The first-order valence-corrected chi connectivity index (χ1v) is 10.0. The van der Waals surface area contributed by atoms with E-state index in [-0.39, 0.29) is 17.7 Å². The number of halogens is 1. The number of carbonyl (C=O) groups excluding carboxylic acids is 1. The number of nitrogens with one attached hydrogen (secondary N) is 1. The van der Waals surface area contributed by atoms with Crippen molar-refractivity contribution in [1.29, 1.82) is 0 Å². The Hall–Kier alpha value is -2.59. The van der Waals surface area contributed by atoms with E-state index >= 15 is 0 Å². The Balaban J connectivity index is 1.39. The standard InChI is InChI=1S/C23H24ClN3O/c1-15-21(16(2)27(26-15)14-17-8-4-3-5-9-17)13-25-23(28)20-12-19(20)18-10-6-7-11-22(18)24/h3-11,19-20H,12-14H2,1-2H3,(H,25,28)/t19-,20+/m1/s1. The summed E-state index contributed by atoms with van der Waals surface area (Å²) < 4.78 is 2.01. The summed E-state index contributed by atoms with van der Waals surface area (Å²) in [6.45, 7) is 5.31. The molecule has 0 unspecified atom stereocenters. The molecule has 28 heavy (non-hydrogen) atoms. The van der Waals surface area contributed by atoms with Crippen LogP contribution in [0.25, 0.3) is 0 Å². The van der Waals surface area contributed by atoms with Gasteiger partial charge in [0, 0.05) is 28.7 Å². The van der Waals surface area contributed by atoms with Gasteiger partial charge in [-0.2, -0.15) is 5.10 Å². The monoisotopic (exact) mass is 393 g/mol. The van der Waals surface area contributed by atoms with E-state index in [0.29, 0.717) is 6.54 Å². The van der Waals surface area contributed by atoms with Crippen LogP contribution in [-0.2, 0) is 17.9 Å². The molecule has 0 bridgehead atoms. The third kappa shape index (κ3) is 3.83. The van der Waals surface area contributed by atoms with Crippen LogP contribution >= 0.6 is 11.6 Å². The summed E-state index contributed by atoms with van der Waals surface area (Å²) in [4.78, 5) is 12.6.